The van der Waals surface area contributed by atoms with Crippen LogP contribution in [0.3, 0.4) is 0 Å². The Hall–Kier alpha value is -1.56. The fraction of sp³-hybridized carbons (Fsp3) is 0.615. The fourth-order valence-corrected chi connectivity index (χ4v) is 3.01. The molecule has 2 aromatic rings. The molecular weight excluding hydrogens is 278 g/mol. The highest BCUT2D eigenvalue weighted by Crippen LogP contribution is 2.27. The number of aromatic nitrogens is 4. The number of H-pyrrole nitrogens is 1. The van der Waals surface area contributed by atoms with Gasteiger partial charge in [-0.15, -0.1) is 11.6 Å². The summed E-state index contributed by atoms with van der Waals surface area (Å²) in [5.41, 5.74) is 0.339. The summed E-state index contributed by atoms with van der Waals surface area (Å²) in [6.45, 7) is 2.69. The lowest BCUT2D eigenvalue weighted by molar-refractivity contribution is 0.377. The van der Waals surface area contributed by atoms with Crippen LogP contribution in [-0.4, -0.2) is 31.5 Å². The first kappa shape index (κ1) is 13.4. The molecule has 1 aliphatic carbocycles. The summed E-state index contributed by atoms with van der Waals surface area (Å²) in [5.74, 6) is 2.04. The number of hydrogen-bond acceptors (Lipinski definition) is 4. The topological polar surface area (TPSA) is 75.1 Å². The van der Waals surface area contributed by atoms with Crippen molar-refractivity contribution in [3.63, 3.8) is 0 Å². The van der Waals surface area contributed by atoms with Gasteiger partial charge in [-0.2, -0.15) is 5.10 Å². The highest BCUT2D eigenvalue weighted by Gasteiger charge is 2.19. The van der Waals surface area contributed by atoms with Crippen molar-refractivity contribution in [2.75, 3.05) is 11.9 Å². The van der Waals surface area contributed by atoms with E-state index >= 15 is 0 Å². The van der Waals surface area contributed by atoms with Gasteiger partial charge in [-0.05, 0) is 38.5 Å². The zero-order chi connectivity index (χ0) is 14.1. The van der Waals surface area contributed by atoms with Crippen molar-refractivity contribution in [3.05, 3.63) is 22.4 Å². The third kappa shape index (κ3) is 2.65. The summed E-state index contributed by atoms with van der Waals surface area (Å²) >= 11 is 6.11. The number of aromatic amines is 1. The molecule has 0 unspecified atom stereocenters. The quantitative estimate of drug-likeness (QED) is 0.849. The molecule has 0 atom stereocenters. The van der Waals surface area contributed by atoms with Gasteiger partial charge in [-0.3, -0.25) is 0 Å². The van der Waals surface area contributed by atoms with Gasteiger partial charge in [0.1, 0.15) is 11.6 Å². The Morgan fingerprint density at radius 3 is 2.95 bits per heavy atom. The lowest BCUT2D eigenvalue weighted by Gasteiger charge is -2.25. The Morgan fingerprint density at radius 2 is 2.20 bits per heavy atom. The zero-order valence-electron chi connectivity index (χ0n) is 11.4. The van der Waals surface area contributed by atoms with E-state index in [1.807, 2.05) is 0 Å². The van der Waals surface area contributed by atoms with Gasteiger partial charge in [0.15, 0.2) is 5.65 Å². The average molecular weight is 296 g/mol. The Bertz CT molecular complexity index is 656. The van der Waals surface area contributed by atoms with Crippen molar-refractivity contribution in [3.8, 4) is 0 Å². The molecule has 3 rings (SSSR count). The molecule has 7 heteroatoms. The van der Waals surface area contributed by atoms with E-state index in [0.717, 1.165) is 38.0 Å². The Labute approximate surface area is 121 Å². The molecule has 2 heterocycles. The van der Waals surface area contributed by atoms with E-state index in [1.54, 1.807) is 13.0 Å². The summed E-state index contributed by atoms with van der Waals surface area (Å²) in [7, 11) is 0. The van der Waals surface area contributed by atoms with Gasteiger partial charge in [-0.25, -0.2) is 19.3 Å². The number of hydrogen-bond donors (Lipinski definition) is 2. The number of fused-ring (bicyclic) bond motifs is 1. The predicted molar refractivity (Wildman–Crippen MR) is 78.4 cm³/mol. The highest BCUT2D eigenvalue weighted by molar-refractivity contribution is 6.20. The van der Waals surface area contributed by atoms with Crippen LogP contribution in [0.2, 0.25) is 0 Å². The molecule has 0 spiro atoms. The van der Waals surface area contributed by atoms with Crippen molar-refractivity contribution in [1.29, 1.82) is 0 Å². The number of anilines is 1. The van der Waals surface area contributed by atoms with Crippen LogP contribution in [-0.2, 0) is 0 Å². The molecule has 1 saturated carbocycles. The minimum atomic E-state index is -0.253. The second kappa shape index (κ2) is 5.44. The van der Waals surface area contributed by atoms with Crippen LogP contribution in [0, 0.1) is 12.8 Å². The zero-order valence-corrected chi connectivity index (χ0v) is 12.2. The molecule has 1 fully saturated rings. The number of aryl methyl sites for hydroxylation is 1. The van der Waals surface area contributed by atoms with E-state index in [0.29, 0.717) is 22.8 Å². The van der Waals surface area contributed by atoms with Crippen molar-refractivity contribution in [1.82, 2.24) is 19.6 Å². The van der Waals surface area contributed by atoms with Gasteiger partial charge in [0, 0.05) is 18.0 Å². The van der Waals surface area contributed by atoms with Crippen molar-refractivity contribution >= 4 is 23.1 Å². The molecule has 2 N–H and O–H groups in total. The van der Waals surface area contributed by atoms with Gasteiger partial charge in [-0.1, -0.05) is 0 Å². The van der Waals surface area contributed by atoms with E-state index in [4.69, 9.17) is 11.6 Å². The first-order valence-electron chi connectivity index (χ1n) is 6.96. The maximum absolute atomic E-state index is 11.5. The lowest BCUT2D eigenvalue weighted by atomic mass is 9.89. The third-order valence-corrected chi connectivity index (χ3v) is 4.35. The minimum Gasteiger partial charge on any atom is -0.370 e. The maximum Gasteiger partial charge on any atom is 0.349 e. The predicted octanol–water partition coefficient (Wildman–Crippen LogP) is 1.94. The molecule has 0 radical (unpaired) electrons. The highest BCUT2D eigenvalue weighted by atomic mass is 35.5. The Balaban J connectivity index is 1.70. The van der Waals surface area contributed by atoms with Crippen LogP contribution in [0.4, 0.5) is 5.82 Å². The van der Waals surface area contributed by atoms with E-state index in [1.165, 1.54) is 4.40 Å². The van der Waals surface area contributed by atoms with Crippen LogP contribution in [0.25, 0.3) is 5.65 Å². The SMILES string of the molecule is Cc1nc(NCC2CCC(Cl)CC2)cc2n[nH]c(=O)n12. The smallest absolute Gasteiger partial charge is 0.349 e. The molecule has 1 aliphatic rings. The first-order chi connectivity index (χ1) is 9.63. The number of halogens is 1. The van der Waals surface area contributed by atoms with Crippen LogP contribution in [0.15, 0.2) is 10.9 Å². The van der Waals surface area contributed by atoms with E-state index in [9.17, 15) is 4.79 Å². The first-order valence-corrected chi connectivity index (χ1v) is 7.40. The number of nitrogens with one attached hydrogen (secondary N) is 2. The molecular formula is C13H18ClN5O. The van der Waals surface area contributed by atoms with Crippen molar-refractivity contribution < 1.29 is 0 Å². The van der Waals surface area contributed by atoms with Crippen molar-refractivity contribution in [2.24, 2.45) is 5.92 Å². The summed E-state index contributed by atoms with van der Waals surface area (Å²) in [6, 6.07) is 1.79. The van der Waals surface area contributed by atoms with Crippen LogP contribution in [0.5, 0.6) is 0 Å². The molecule has 20 heavy (non-hydrogen) atoms. The van der Waals surface area contributed by atoms with Crippen molar-refractivity contribution in [2.45, 2.75) is 38.0 Å². The number of nitrogens with zero attached hydrogens (tertiary/aromatic N) is 3. The number of rotatable bonds is 3. The van der Waals surface area contributed by atoms with E-state index in [2.05, 4.69) is 20.5 Å². The summed E-state index contributed by atoms with van der Waals surface area (Å²) < 4.78 is 1.46. The molecule has 0 aromatic carbocycles. The van der Waals surface area contributed by atoms with Gasteiger partial charge in [0.2, 0.25) is 0 Å². The Morgan fingerprint density at radius 1 is 1.45 bits per heavy atom. The lowest BCUT2D eigenvalue weighted by Crippen LogP contribution is -2.22. The molecule has 0 amide bonds. The van der Waals surface area contributed by atoms with Gasteiger partial charge in [0.25, 0.3) is 0 Å². The monoisotopic (exact) mass is 295 g/mol. The second-order valence-corrected chi connectivity index (χ2v) is 6.03. The molecule has 6 nitrogen and oxygen atoms in total. The largest absolute Gasteiger partial charge is 0.370 e. The third-order valence-electron chi connectivity index (χ3n) is 3.92. The molecule has 108 valence electrons. The summed E-state index contributed by atoms with van der Waals surface area (Å²) in [4.78, 5) is 15.9. The summed E-state index contributed by atoms with van der Waals surface area (Å²) in [6.07, 6.45) is 4.50. The number of alkyl halides is 1. The Kier molecular flexibility index (Phi) is 3.65. The standard InChI is InChI=1S/C13H18ClN5O/c1-8-16-11(6-12-17-18-13(20)19(8)12)15-7-9-2-4-10(14)5-3-9/h6,9-10,15H,2-5,7H2,1H3,(H,18,20). The molecule has 2 aromatic heterocycles. The van der Waals surface area contributed by atoms with Gasteiger partial charge < -0.3 is 5.32 Å². The van der Waals surface area contributed by atoms with Gasteiger partial charge in [0.05, 0.1) is 0 Å². The van der Waals surface area contributed by atoms with Crippen LogP contribution >= 0.6 is 11.6 Å². The fourth-order valence-electron chi connectivity index (χ4n) is 2.76. The molecule has 0 aliphatic heterocycles. The maximum atomic E-state index is 11.5. The van der Waals surface area contributed by atoms with E-state index in [-0.39, 0.29) is 5.69 Å². The summed E-state index contributed by atoms with van der Waals surface area (Å²) in [5, 5.41) is 10.1. The average Bonchev–Trinajstić information content (AvgIpc) is 2.80. The molecule has 0 saturated heterocycles. The second-order valence-electron chi connectivity index (χ2n) is 5.41. The van der Waals surface area contributed by atoms with Gasteiger partial charge >= 0.3 is 5.69 Å². The molecule has 0 bridgehead atoms. The van der Waals surface area contributed by atoms with E-state index < -0.39 is 0 Å². The van der Waals surface area contributed by atoms with Crippen LogP contribution < -0.4 is 11.0 Å². The van der Waals surface area contributed by atoms with Crippen LogP contribution in [0.1, 0.15) is 31.5 Å². The minimum absolute atomic E-state index is 0.253. The normalized spacial score (nSPS) is 23.1.